The Morgan fingerprint density at radius 3 is 2.55 bits per heavy atom. The van der Waals surface area contributed by atoms with E-state index in [1.807, 2.05) is 0 Å². The van der Waals surface area contributed by atoms with Crippen LogP contribution in [0.4, 0.5) is 0 Å². The molecule has 112 valence electrons. The molecule has 2 N–H and O–H groups in total. The molecule has 1 fully saturated rings. The number of benzene rings is 1. The standard InChI is InChI=1S/C19H31N/c1-13(2)16-7-8-17(12-20)19(10-16)11-18-9-14(3)5-6-15(18)4/h5-6,9,13,16-17,19H,7-8,10-12,20H2,1-4H3. The van der Waals surface area contributed by atoms with Crippen molar-refractivity contribution < 1.29 is 0 Å². The molecule has 1 aromatic rings. The Hall–Kier alpha value is -0.820. The highest BCUT2D eigenvalue weighted by atomic mass is 14.6. The van der Waals surface area contributed by atoms with Gasteiger partial charge in [0.15, 0.2) is 0 Å². The zero-order valence-corrected chi connectivity index (χ0v) is 13.7. The topological polar surface area (TPSA) is 26.0 Å². The number of nitrogens with two attached hydrogens (primary N) is 1. The van der Waals surface area contributed by atoms with Gasteiger partial charge in [0.1, 0.15) is 0 Å². The Morgan fingerprint density at radius 2 is 1.90 bits per heavy atom. The summed E-state index contributed by atoms with van der Waals surface area (Å²) < 4.78 is 0. The molecule has 1 aliphatic carbocycles. The quantitative estimate of drug-likeness (QED) is 0.859. The lowest BCUT2D eigenvalue weighted by atomic mass is 9.68. The third-order valence-electron chi connectivity index (χ3n) is 5.41. The van der Waals surface area contributed by atoms with Crippen LogP contribution in [-0.4, -0.2) is 6.54 Å². The van der Waals surface area contributed by atoms with Crippen molar-refractivity contribution in [2.75, 3.05) is 6.54 Å². The largest absolute Gasteiger partial charge is 0.330 e. The predicted octanol–water partition coefficient (Wildman–Crippen LogP) is 4.49. The van der Waals surface area contributed by atoms with Gasteiger partial charge in [-0.25, -0.2) is 0 Å². The highest BCUT2D eigenvalue weighted by molar-refractivity contribution is 5.31. The molecule has 0 heterocycles. The van der Waals surface area contributed by atoms with Crippen molar-refractivity contribution in [3.8, 4) is 0 Å². The second-order valence-corrected chi connectivity index (χ2v) is 7.21. The van der Waals surface area contributed by atoms with E-state index >= 15 is 0 Å². The minimum absolute atomic E-state index is 0.727. The maximum Gasteiger partial charge on any atom is -0.00461 e. The number of rotatable bonds is 4. The molecular formula is C19H31N. The Labute approximate surface area is 125 Å². The van der Waals surface area contributed by atoms with Gasteiger partial charge < -0.3 is 5.73 Å². The summed E-state index contributed by atoms with van der Waals surface area (Å²) in [5, 5.41) is 0. The molecule has 0 aromatic heterocycles. The molecule has 0 aliphatic heterocycles. The van der Waals surface area contributed by atoms with Crippen molar-refractivity contribution in [1.82, 2.24) is 0 Å². The van der Waals surface area contributed by atoms with Crippen LogP contribution in [-0.2, 0) is 6.42 Å². The SMILES string of the molecule is Cc1ccc(C)c(CC2CC(C(C)C)CCC2CN)c1. The fourth-order valence-electron chi connectivity index (χ4n) is 3.83. The molecule has 0 amide bonds. The van der Waals surface area contributed by atoms with Gasteiger partial charge in [-0.2, -0.15) is 0 Å². The molecule has 1 heteroatoms. The van der Waals surface area contributed by atoms with E-state index in [2.05, 4.69) is 45.9 Å². The van der Waals surface area contributed by atoms with Crippen LogP contribution in [0.15, 0.2) is 18.2 Å². The maximum atomic E-state index is 6.04. The molecule has 0 radical (unpaired) electrons. The van der Waals surface area contributed by atoms with Gasteiger partial charge in [0.25, 0.3) is 0 Å². The molecule has 1 aromatic carbocycles. The van der Waals surface area contributed by atoms with Crippen molar-refractivity contribution in [3.63, 3.8) is 0 Å². The highest BCUT2D eigenvalue weighted by Crippen LogP contribution is 2.39. The van der Waals surface area contributed by atoms with Crippen molar-refractivity contribution >= 4 is 0 Å². The fraction of sp³-hybridized carbons (Fsp3) is 0.684. The third kappa shape index (κ3) is 3.63. The van der Waals surface area contributed by atoms with E-state index in [9.17, 15) is 0 Å². The molecule has 1 aliphatic rings. The molecule has 1 nitrogen and oxygen atoms in total. The van der Waals surface area contributed by atoms with Crippen molar-refractivity contribution in [2.24, 2.45) is 29.4 Å². The first kappa shape index (κ1) is 15.6. The average molecular weight is 273 g/mol. The van der Waals surface area contributed by atoms with E-state index in [0.717, 1.165) is 30.2 Å². The molecule has 2 rings (SSSR count). The molecule has 1 saturated carbocycles. The van der Waals surface area contributed by atoms with Gasteiger partial charge in [0.05, 0.1) is 0 Å². The number of hydrogen-bond acceptors (Lipinski definition) is 1. The summed E-state index contributed by atoms with van der Waals surface area (Å²) in [5.41, 5.74) is 10.4. The lowest BCUT2D eigenvalue weighted by Crippen LogP contribution is -2.33. The van der Waals surface area contributed by atoms with Crippen LogP contribution in [0.25, 0.3) is 0 Å². The minimum Gasteiger partial charge on any atom is -0.330 e. The van der Waals surface area contributed by atoms with Crippen LogP contribution in [0.5, 0.6) is 0 Å². The number of hydrogen-bond donors (Lipinski definition) is 1. The zero-order valence-electron chi connectivity index (χ0n) is 13.7. The normalized spacial score (nSPS) is 27.0. The number of aryl methyl sites for hydroxylation is 2. The van der Waals surface area contributed by atoms with Gasteiger partial charge in [-0.05, 0) is 80.9 Å². The van der Waals surface area contributed by atoms with E-state index in [1.165, 1.54) is 42.4 Å². The van der Waals surface area contributed by atoms with Crippen LogP contribution in [0.3, 0.4) is 0 Å². The Kier molecular flexibility index (Phi) is 5.26. The van der Waals surface area contributed by atoms with Gasteiger partial charge in [0, 0.05) is 0 Å². The van der Waals surface area contributed by atoms with Crippen LogP contribution in [0.1, 0.15) is 49.8 Å². The molecule has 20 heavy (non-hydrogen) atoms. The molecule has 0 spiro atoms. The van der Waals surface area contributed by atoms with Crippen molar-refractivity contribution in [3.05, 3.63) is 34.9 Å². The highest BCUT2D eigenvalue weighted by Gasteiger charge is 2.31. The lowest BCUT2D eigenvalue weighted by Gasteiger charge is -2.38. The summed E-state index contributed by atoms with van der Waals surface area (Å²) in [4.78, 5) is 0. The molecular weight excluding hydrogens is 242 g/mol. The van der Waals surface area contributed by atoms with Crippen molar-refractivity contribution in [1.29, 1.82) is 0 Å². The second-order valence-electron chi connectivity index (χ2n) is 7.21. The van der Waals surface area contributed by atoms with E-state index < -0.39 is 0 Å². The lowest BCUT2D eigenvalue weighted by molar-refractivity contribution is 0.151. The summed E-state index contributed by atoms with van der Waals surface area (Å²) in [7, 11) is 0. The first-order chi connectivity index (χ1) is 9.51. The molecule has 3 unspecified atom stereocenters. The van der Waals surface area contributed by atoms with Gasteiger partial charge in [-0.1, -0.05) is 37.6 Å². The van der Waals surface area contributed by atoms with Gasteiger partial charge in [-0.15, -0.1) is 0 Å². The Balaban J connectivity index is 2.13. The average Bonchev–Trinajstić information content (AvgIpc) is 2.42. The van der Waals surface area contributed by atoms with Crippen LogP contribution < -0.4 is 5.73 Å². The monoisotopic (exact) mass is 273 g/mol. The van der Waals surface area contributed by atoms with Gasteiger partial charge in [0.2, 0.25) is 0 Å². The van der Waals surface area contributed by atoms with Crippen LogP contribution >= 0.6 is 0 Å². The second kappa shape index (κ2) is 6.76. The summed E-state index contributed by atoms with van der Waals surface area (Å²) in [6, 6.07) is 6.86. The molecule has 0 bridgehead atoms. The first-order valence-corrected chi connectivity index (χ1v) is 8.27. The smallest absolute Gasteiger partial charge is 0.00461 e. The summed E-state index contributed by atoms with van der Waals surface area (Å²) >= 11 is 0. The summed E-state index contributed by atoms with van der Waals surface area (Å²) in [5.74, 6) is 3.22. The fourth-order valence-corrected chi connectivity index (χ4v) is 3.83. The maximum absolute atomic E-state index is 6.04. The third-order valence-corrected chi connectivity index (χ3v) is 5.41. The first-order valence-electron chi connectivity index (χ1n) is 8.27. The van der Waals surface area contributed by atoms with E-state index in [1.54, 1.807) is 0 Å². The minimum atomic E-state index is 0.727. The van der Waals surface area contributed by atoms with Crippen LogP contribution in [0, 0.1) is 37.5 Å². The molecule has 3 atom stereocenters. The van der Waals surface area contributed by atoms with Crippen molar-refractivity contribution in [2.45, 2.75) is 53.4 Å². The Morgan fingerprint density at radius 1 is 1.15 bits per heavy atom. The van der Waals surface area contributed by atoms with E-state index in [-0.39, 0.29) is 0 Å². The Bertz CT molecular complexity index is 435. The van der Waals surface area contributed by atoms with Gasteiger partial charge >= 0.3 is 0 Å². The van der Waals surface area contributed by atoms with E-state index in [4.69, 9.17) is 5.73 Å². The zero-order chi connectivity index (χ0) is 14.7. The summed E-state index contributed by atoms with van der Waals surface area (Å²) in [6.45, 7) is 10.1. The predicted molar refractivity (Wildman–Crippen MR) is 87.8 cm³/mol. The molecule has 0 saturated heterocycles. The van der Waals surface area contributed by atoms with Crippen LogP contribution in [0.2, 0.25) is 0 Å². The summed E-state index contributed by atoms with van der Waals surface area (Å²) in [6.07, 6.45) is 5.29. The van der Waals surface area contributed by atoms with Gasteiger partial charge in [-0.3, -0.25) is 0 Å². The van der Waals surface area contributed by atoms with E-state index in [0.29, 0.717) is 0 Å².